The molecule has 1 heterocycles. The van der Waals surface area contributed by atoms with E-state index in [0.717, 1.165) is 11.6 Å². The van der Waals surface area contributed by atoms with Gasteiger partial charge in [-0.05, 0) is 13.8 Å². The van der Waals surface area contributed by atoms with Gasteiger partial charge in [0.1, 0.15) is 0 Å². The molecular formula is C12H23N3O3. The molecule has 0 saturated carbocycles. The Morgan fingerprint density at radius 1 is 1.50 bits per heavy atom. The number of hydrogen-bond acceptors (Lipinski definition) is 5. The highest BCUT2D eigenvalue weighted by atomic mass is 16.5. The van der Waals surface area contributed by atoms with Crippen LogP contribution in [0.1, 0.15) is 19.5 Å². The van der Waals surface area contributed by atoms with Gasteiger partial charge in [-0.15, -0.1) is 0 Å². The molecule has 1 atom stereocenters. The van der Waals surface area contributed by atoms with Gasteiger partial charge in [0.15, 0.2) is 0 Å². The average Bonchev–Trinajstić information content (AvgIpc) is 2.67. The average molecular weight is 257 g/mol. The number of aromatic nitrogens is 2. The van der Waals surface area contributed by atoms with Crippen LogP contribution in [-0.2, 0) is 18.3 Å². The molecule has 0 aromatic carbocycles. The van der Waals surface area contributed by atoms with Crippen LogP contribution in [0.5, 0.6) is 5.88 Å². The van der Waals surface area contributed by atoms with E-state index in [9.17, 15) is 5.11 Å². The number of hydrogen-bond donors (Lipinski definition) is 2. The molecule has 1 rings (SSSR count). The second-order valence-corrected chi connectivity index (χ2v) is 4.47. The van der Waals surface area contributed by atoms with Gasteiger partial charge in [0, 0.05) is 26.2 Å². The Balaban J connectivity index is 2.24. The largest absolute Gasteiger partial charge is 0.481 e. The van der Waals surface area contributed by atoms with Crippen LogP contribution in [0.25, 0.3) is 0 Å². The maximum atomic E-state index is 9.64. The first-order valence-electron chi connectivity index (χ1n) is 6.10. The van der Waals surface area contributed by atoms with Gasteiger partial charge >= 0.3 is 0 Å². The van der Waals surface area contributed by atoms with Crippen LogP contribution in [0.4, 0.5) is 0 Å². The lowest BCUT2D eigenvalue weighted by atomic mass is 10.3. The molecule has 1 aromatic rings. The number of aliphatic hydroxyl groups excluding tert-OH is 1. The molecular weight excluding hydrogens is 234 g/mol. The minimum Gasteiger partial charge on any atom is -0.481 e. The summed E-state index contributed by atoms with van der Waals surface area (Å²) >= 11 is 0. The van der Waals surface area contributed by atoms with Crippen LogP contribution < -0.4 is 10.1 Å². The van der Waals surface area contributed by atoms with E-state index in [1.54, 1.807) is 11.8 Å². The van der Waals surface area contributed by atoms with Gasteiger partial charge in [-0.25, -0.2) is 4.68 Å². The minimum atomic E-state index is -0.502. The first kappa shape index (κ1) is 14.9. The quantitative estimate of drug-likeness (QED) is 0.701. The molecule has 6 heteroatoms. The Morgan fingerprint density at radius 2 is 2.22 bits per heavy atom. The van der Waals surface area contributed by atoms with Crippen LogP contribution in [0, 0.1) is 0 Å². The smallest absolute Gasteiger partial charge is 0.211 e. The van der Waals surface area contributed by atoms with E-state index < -0.39 is 6.10 Å². The number of ether oxygens (including phenoxy) is 2. The maximum Gasteiger partial charge on any atom is 0.211 e. The number of rotatable bonds is 8. The van der Waals surface area contributed by atoms with E-state index in [1.807, 2.05) is 27.0 Å². The van der Waals surface area contributed by atoms with Crippen molar-refractivity contribution in [2.75, 3.05) is 20.3 Å². The Hall–Kier alpha value is -1.11. The summed E-state index contributed by atoms with van der Waals surface area (Å²) in [6.07, 6.45) is -0.363. The van der Waals surface area contributed by atoms with Gasteiger partial charge in [-0.3, -0.25) is 0 Å². The highest BCUT2D eigenvalue weighted by molar-refractivity contribution is 5.15. The van der Waals surface area contributed by atoms with E-state index >= 15 is 0 Å². The van der Waals surface area contributed by atoms with Gasteiger partial charge in [0.05, 0.1) is 31.6 Å². The lowest BCUT2D eigenvalue weighted by Gasteiger charge is -2.13. The standard InChI is InChI=1S/C12H23N3O3/c1-9(2)18-8-11(16)7-13-6-10-5-12(17-4)15(3)14-10/h5,9,11,13,16H,6-8H2,1-4H3. The van der Waals surface area contributed by atoms with Crippen molar-refractivity contribution in [3.63, 3.8) is 0 Å². The van der Waals surface area contributed by atoms with Crippen LogP contribution >= 0.6 is 0 Å². The van der Waals surface area contributed by atoms with E-state index in [1.165, 1.54) is 0 Å². The van der Waals surface area contributed by atoms with Crippen LogP contribution in [0.15, 0.2) is 6.07 Å². The van der Waals surface area contributed by atoms with Crippen LogP contribution in [-0.4, -0.2) is 47.4 Å². The van der Waals surface area contributed by atoms with Crippen LogP contribution in [0.3, 0.4) is 0 Å². The molecule has 0 aliphatic heterocycles. The number of aliphatic hydroxyl groups is 1. The molecule has 0 radical (unpaired) electrons. The zero-order valence-electron chi connectivity index (χ0n) is 11.5. The van der Waals surface area contributed by atoms with Crippen molar-refractivity contribution in [2.45, 2.75) is 32.6 Å². The van der Waals surface area contributed by atoms with Gasteiger partial charge < -0.3 is 19.9 Å². The molecule has 0 bridgehead atoms. The van der Waals surface area contributed by atoms with Crippen molar-refractivity contribution < 1.29 is 14.6 Å². The Labute approximate surface area is 108 Å². The summed E-state index contributed by atoms with van der Waals surface area (Å²) in [5.74, 6) is 0.718. The summed E-state index contributed by atoms with van der Waals surface area (Å²) in [7, 11) is 3.44. The van der Waals surface area contributed by atoms with E-state index in [0.29, 0.717) is 19.7 Å². The highest BCUT2D eigenvalue weighted by Gasteiger charge is 2.07. The molecule has 0 amide bonds. The summed E-state index contributed by atoms with van der Waals surface area (Å²) in [4.78, 5) is 0. The second-order valence-electron chi connectivity index (χ2n) is 4.47. The Kier molecular flexibility index (Phi) is 6.11. The molecule has 1 aromatic heterocycles. The van der Waals surface area contributed by atoms with Gasteiger partial charge in [-0.2, -0.15) is 5.10 Å². The predicted molar refractivity (Wildman–Crippen MR) is 68.6 cm³/mol. The van der Waals surface area contributed by atoms with Gasteiger partial charge in [0.25, 0.3) is 0 Å². The second kappa shape index (κ2) is 7.35. The third-order valence-electron chi connectivity index (χ3n) is 2.40. The number of aryl methyl sites for hydroxylation is 1. The molecule has 1 unspecified atom stereocenters. The summed E-state index contributed by atoms with van der Waals surface area (Å²) in [5, 5.41) is 17.0. The molecule has 0 spiro atoms. The van der Waals surface area contributed by atoms with Crippen molar-refractivity contribution in [3.8, 4) is 5.88 Å². The third kappa shape index (κ3) is 5.03. The SMILES string of the molecule is COc1cc(CNCC(O)COC(C)C)nn1C. The first-order valence-corrected chi connectivity index (χ1v) is 6.10. The zero-order valence-corrected chi connectivity index (χ0v) is 11.5. The summed E-state index contributed by atoms with van der Waals surface area (Å²) in [6.45, 7) is 5.30. The normalized spacial score (nSPS) is 13.0. The van der Waals surface area contributed by atoms with Crippen molar-refractivity contribution >= 4 is 0 Å². The van der Waals surface area contributed by atoms with Crippen molar-refractivity contribution in [3.05, 3.63) is 11.8 Å². The van der Waals surface area contributed by atoms with Crippen molar-refractivity contribution in [1.82, 2.24) is 15.1 Å². The third-order valence-corrected chi connectivity index (χ3v) is 2.40. The van der Waals surface area contributed by atoms with E-state index in [4.69, 9.17) is 9.47 Å². The molecule has 104 valence electrons. The lowest BCUT2D eigenvalue weighted by Crippen LogP contribution is -2.31. The van der Waals surface area contributed by atoms with Crippen molar-refractivity contribution in [2.24, 2.45) is 7.05 Å². The fourth-order valence-electron chi connectivity index (χ4n) is 1.51. The fraction of sp³-hybridized carbons (Fsp3) is 0.750. The molecule has 0 aliphatic carbocycles. The van der Waals surface area contributed by atoms with E-state index in [2.05, 4.69) is 10.4 Å². The molecule has 6 nitrogen and oxygen atoms in total. The number of methoxy groups -OCH3 is 1. The van der Waals surface area contributed by atoms with Gasteiger partial charge in [-0.1, -0.05) is 0 Å². The maximum absolute atomic E-state index is 9.64. The first-order chi connectivity index (χ1) is 8.52. The highest BCUT2D eigenvalue weighted by Crippen LogP contribution is 2.10. The predicted octanol–water partition coefficient (Wildman–Crippen LogP) is 0.304. The molecule has 0 saturated heterocycles. The summed E-state index contributed by atoms with van der Waals surface area (Å²) in [5.41, 5.74) is 0.881. The van der Waals surface area contributed by atoms with Crippen molar-refractivity contribution in [1.29, 1.82) is 0 Å². The topological polar surface area (TPSA) is 68.5 Å². The summed E-state index contributed by atoms with van der Waals surface area (Å²) in [6, 6.07) is 1.87. The van der Waals surface area contributed by atoms with Crippen LogP contribution in [0.2, 0.25) is 0 Å². The molecule has 2 N–H and O–H groups in total. The minimum absolute atomic E-state index is 0.139. The van der Waals surface area contributed by atoms with E-state index in [-0.39, 0.29) is 6.10 Å². The Bertz CT molecular complexity index is 352. The molecule has 18 heavy (non-hydrogen) atoms. The van der Waals surface area contributed by atoms with Gasteiger partial charge in [0.2, 0.25) is 5.88 Å². The fourth-order valence-corrected chi connectivity index (χ4v) is 1.51. The lowest BCUT2D eigenvalue weighted by molar-refractivity contribution is 0.00627. The Morgan fingerprint density at radius 3 is 2.78 bits per heavy atom. The zero-order chi connectivity index (χ0) is 13.5. The molecule has 0 fully saturated rings. The summed E-state index contributed by atoms with van der Waals surface area (Å²) < 4.78 is 12.1. The number of nitrogens with zero attached hydrogens (tertiary/aromatic N) is 2. The molecule has 0 aliphatic rings. The monoisotopic (exact) mass is 257 g/mol. The number of nitrogens with one attached hydrogen (secondary N) is 1.